The molecule has 0 spiro atoms. The Kier molecular flexibility index (Phi) is 15.4. The summed E-state index contributed by atoms with van der Waals surface area (Å²) in [6.07, 6.45) is 9.00. The van der Waals surface area contributed by atoms with Gasteiger partial charge in [0, 0.05) is 0 Å². The van der Waals surface area contributed by atoms with Crippen molar-refractivity contribution in [3.8, 4) is 0 Å². The second kappa shape index (κ2) is 17.5. The molecule has 0 saturated heterocycles. The minimum absolute atomic E-state index is 0. The molecule has 240 valence electrons. The third kappa shape index (κ3) is 10.3. The van der Waals surface area contributed by atoms with E-state index in [1.54, 1.807) is 0 Å². The molecule has 0 N–H and O–H groups in total. The van der Waals surface area contributed by atoms with Gasteiger partial charge in [-0.05, 0) is 27.7 Å². The van der Waals surface area contributed by atoms with Crippen LogP contribution in [0.5, 0.6) is 0 Å². The largest absolute Gasteiger partial charge is 1.00 e. The molecule has 0 aromatic heterocycles. The molecular weight excluding hydrogens is 725 g/mol. The van der Waals surface area contributed by atoms with Crippen LogP contribution in [0.2, 0.25) is 10.0 Å². The van der Waals surface area contributed by atoms with Crippen molar-refractivity contribution in [1.29, 1.82) is 0 Å². The van der Waals surface area contributed by atoms with E-state index in [1.165, 1.54) is 83.2 Å². The number of halogens is 4. The Morgan fingerprint density at radius 1 is 0.739 bits per heavy atom. The van der Waals surface area contributed by atoms with Crippen molar-refractivity contribution in [2.24, 2.45) is 11.3 Å². The topological polar surface area (TPSA) is 0 Å². The average molecular weight is 768 g/mol. The first-order chi connectivity index (χ1) is 20.8. The molecule has 5 heteroatoms. The van der Waals surface area contributed by atoms with E-state index in [4.69, 9.17) is 23.2 Å². The molecule has 0 nitrogen and oxygen atoms in total. The monoisotopic (exact) mass is 764 g/mol. The Bertz CT molecular complexity index is 1760. The smallest absolute Gasteiger partial charge is 1.00 e. The van der Waals surface area contributed by atoms with E-state index >= 15 is 0 Å². The van der Waals surface area contributed by atoms with Crippen LogP contribution in [-0.4, -0.2) is 3.21 Å². The van der Waals surface area contributed by atoms with Crippen LogP contribution < -0.4 is 24.8 Å². The van der Waals surface area contributed by atoms with E-state index < -0.39 is 0 Å². The summed E-state index contributed by atoms with van der Waals surface area (Å²) in [6, 6.07) is 27.3. The maximum atomic E-state index is 5.98. The second-order valence-corrected chi connectivity index (χ2v) is 14.9. The Hall–Kier alpha value is -1.86. The van der Waals surface area contributed by atoms with Gasteiger partial charge in [0.25, 0.3) is 0 Å². The van der Waals surface area contributed by atoms with Crippen LogP contribution in [0.4, 0.5) is 0 Å². The molecule has 1 aliphatic carbocycles. The van der Waals surface area contributed by atoms with Crippen molar-refractivity contribution in [2.75, 3.05) is 0 Å². The predicted octanol–water partition coefficient (Wildman–Crippen LogP) is 6.42. The van der Waals surface area contributed by atoms with E-state index in [0.717, 1.165) is 21.2 Å². The van der Waals surface area contributed by atoms with Gasteiger partial charge in [-0.25, -0.2) is 6.08 Å². The quantitative estimate of drug-likeness (QED) is 0.186. The van der Waals surface area contributed by atoms with Gasteiger partial charge in [-0.3, -0.25) is 6.08 Å². The van der Waals surface area contributed by atoms with Crippen LogP contribution >= 0.6 is 23.2 Å². The molecular formula is C41H42Cl4Zr-2. The van der Waals surface area contributed by atoms with Crippen LogP contribution in [0, 0.1) is 45.1 Å². The minimum atomic E-state index is 0. The first kappa shape index (κ1) is 40.3. The Balaban J connectivity index is 0.000000241. The van der Waals surface area contributed by atoms with Crippen molar-refractivity contribution in [3.63, 3.8) is 0 Å². The molecule has 0 heterocycles. The first-order valence-corrected chi connectivity index (χ1v) is 17.2. The number of hydrogen-bond donors (Lipinski definition) is 0. The summed E-state index contributed by atoms with van der Waals surface area (Å²) in [5.41, 5.74) is 9.57. The van der Waals surface area contributed by atoms with Crippen LogP contribution in [0.25, 0.3) is 21.5 Å². The van der Waals surface area contributed by atoms with Crippen LogP contribution in [0.15, 0.2) is 96.6 Å². The zero-order valence-electron chi connectivity index (χ0n) is 28.0. The van der Waals surface area contributed by atoms with E-state index in [2.05, 4.69) is 116 Å². The Morgan fingerprint density at radius 3 is 1.52 bits per heavy atom. The molecule has 0 saturated carbocycles. The van der Waals surface area contributed by atoms with E-state index in [1.807, 2.05) is 36.4 Å². The molecule has 46 heavy (non-hydrogen) atoms. The van der Waals surface area contributed by atoms with E-state index in [-0.39, 0.29) is 24.8 Å². The fraction of sp³-hybridized carbons (Fsp3) is 0.268. The van der Waals surface area contributed by atoms with E-state index in [0.29, 0.717) is 11.3 Å². The number of hydrogen-bond acceptors (Lipinski definition) is 0. The van der Waals surface area contributed by atoms with Crippen molar-refractivity contribution in [1.82, 2.24) is 0 Å². The summed E-state index contributed by atoms with van der Waals surface area (Å²) < 4.78 is 1.26. The molecule has 6 rings (SSSR count). The fourth-order valence-corrected chi connectivity index (χ4v) is 6.36. The zero-order chi connectivity index (χ0) is 32.2. The number of aryl methyl sites for hydroxylation is 4. The minimum Gasteiger partial charge on any atom is -1.00 e. The number of allylic oxidation sites excluding steroid dienone is 4. The summed E-state index contributed by atoms with van der Waals surface area (Å²) in [5, 5.41) is 7.05. The van der Waals surface area contributed by atoms with Gasteiger partial charge in [0.15, 0.2) is 0 Å². The van der Waals surface area contributed by atoms with Crippen LogP contribution in [0.3, 0.4) is 0 Å². The summed E-state index contributed by atoms with van der Waals surface area (Å²) in [5.74, 6) is 0.573. The molecule has 5 aromatic rings. The molecule has 0 aliphatic heterocycles. The maximum Gasteiger partial charge on any atom is -1.00 e. The van der Waals surface area contributed by atoms with Crippen molar-refractivity contribution in [3.05, 3.63) is 146 Å². The molecule has 0 bridgehead atoms. The van der Waals surface area contributed by atoms with Gasteiger partial charge >= 0.3 is 120 Å². The molecule has 1 atom stereocenters. The number of fused-ring (bicyclic) bond motifs is 3. The fourth-order valence-electron chi connectivity index (χ4n) is 5.22. The average Bonchev–Trinajstić information content (AvgIpc) is 3.59. The van der Waals surface area contributed by atoms with Gasteiger partial charge in [-0.15, -0.1) is 39.7 Å². The van der Waals surface area contributed by atoms with Gasteiger partial charge in [0.05, 0.1) is 0 Å². The number of benzene rings is 4. The SMILES string of the molecule is CCC1[C-]=CC(C(C)(C)C)=C1.Cc1cc2[cH-]c3cc(C)c(C)cc3c2cc1C.Clc1cccc([C](=[Zr+2])c2cccc(Cl)c2)c1.[Cl-].[Cl-]. The number of rotatable bonds is 3. The third-order valence-electron chi connectivity index (χ3n) is 8.30. The predicted molar refractivity (Wildman–Crippen MR) is 191 cm³/mol. The van der Waals surface area contributed by atoms with Gasteiger partial charge in [0.2, 0.25) is 0 Å². The molecule has 1 aliphatic rings. The second-order valence-electron chi connectivity index (χ2n) is 12.8. The van der Waals surface area contributed by atoms with Gasteiger partial charge in [-0.2, -0.15) is 11.6 Å². The van der Waals surface area contributed by atoms with Gasteiger partial charge in [0.1, 0.15) is 0 Å². The molecule has 0 amide bonds. The van der Waals surface area contributed by atoms with Crippen LogP contribution in [0.1, 0.15) is 67.5 Å². The summed E-state index contributed by atoms with van der Waals surface area (Å²) >= 11 is 13.3. The van der Waals surface area contributed by atoms with Crippen molar-refractivity contribution < 1.29 is 49.0 Å². The van der Waals surface area contributed by atoms with Gasteiger partial charge < -0.3 is 24.8 Å². The molecule has 0 fully saturated rings. The van der Waals surface area contributed by atoms with Crippen molar-refractivity contribution in [2.45, 2.75) is 61.8 Å². The molecule has 5 aromatic carbocycles. The van der Waals surface area contributed by atoms with Gasteiger partial charge in [-0.1, -0.05) is 79.8 Å². The molecule has 0 radical (unpaired) electrons. The Morgan fingerprint density at radius 2 is 1.17 bits per heavy atom. The van der Waals surface area contributed by atoms with Crippen molar-refractivity contribution >= 4 is 48.0 Å². The maximum absolute atomic E-state index is 5.98. The summed E-state index contributed by atoms with van der Waals surface area (Å²) in [4.78, 5) is 0. The summed E-state index contributed by atoms with van der Waals surface area (Å²) in [6.45, 7) is 17.7. The standard InChI is InChI=1S/C17H17.C13H8Cl2.C11H17.2ClH.Zr/c1-10-5-14-9-15-6-11(2)13(4)8-17(15)16(14)7-12(10)3;14-12-5-1-3-10(8-12)7-11-4-2-6-13(15)9-11;1-5-9-6-7-10(8-9)11(2,3)4;;;/h5-9H,1-4H3;1-6,8-9H;7-9H,5H2,1-4H3;2*1H;/q-1;;-1;;;+2/p-2. The first-order valence-electron chi connectivity index (χ1n) is 15.3. The van der Waals surface area contributed by atoms with E-state index in [9.17, 15) is 0 Å². The third-order valence-corrected chi connectivity index (χ3v) is 10.2. The molecule has 1 unspecified atom stereocenters. The van der Waals surface area contributed by atoms with Crippen LogP contribution in [-0.2, 0) is 24.2 Å². The normalized spacial score (nSPS) is 13.6. The zero-order valence-corrected chi connectivity index (χ0v) is 33.4. The summed E-state index contributed by atoms with van der Waals surface area (Å²) in [7, 11) is 0. The Labute approximate surface area is 313 Å².